The number of benzene rings is 2. The fourth-order valence-corrected chi connectivity index (χ4v) is 4.28. The second kappa shape index (κ2) is 9.30. The maximum absolute atomic E-state index is 12.6. The number of ether oxygens (including phenoxy) is 1. The Bertz CT molecular complexity index is 927. The van der Waals surface area contributed by atoms with Gasteiger partial charge < -0.3 is 10.1 Å². The Morgan fingerprint density at radius 1 is 1.18 bits per heavy atom. The van der Waals surface area contributed by atoms with E-state index in [1.165, 1.54) is 0 Å². The van der Waals surface area contributed by atoms with Crippen molar-refractivity contribution in [2.24, 2.45) is 0 Å². The molecule has 1 N–H and O–H groups in total. The topological polar surface area (TPSA) is 75.7 Å². The zero-order chi connectivity index (χ0) is 20.9. The van der Waals surface area contributed by atoms with E-state index in [1.807, 2.05) is 19.9 Å². The highest BCUT2D eigenvalue weighted by Gasteiger charge is 2.29. The van der Waals surface area contributed by atoms with Gasteiger partial charge in [0.1, 0.15) is 18.4 Å². The van der Waals surface area contributed by atoms with Gasteiger partial charge in [-0.2, -0.15) is 0 Å². The van der Waals surface area contributed by atoms with Crippen LogP contribution in [0.2, 0.25) is 5.02 Å². The first-order chi connectivity index (χ1) is 13.1. The van der Waals surface area contributed by atoms with Gasteiger partial charge in [-0.25, -0.2) is 8.42 Å². The van der Waals surface area contributed by atoms with Gasteiger partial charge in [-0.1, -0.05) is 29.8 Å². The SMILES string of the molecule is Cc1cc(C)cc(N(C(C)C(=O)NCCOc2ccccc2Cl)S(C)(=O)=O)c1. The van der Waals surface area contributed by atoms with Crippen LogP contribution in [0.5, 0.6) is 5.75 Å². The second-order valence-electron chi connectivity index (χ2n) is 6.65. The number of anilines is 1. The van der Waals surface area contributed by atoms with Gasteiger partial charge in [0.05, 0.1) is 23.5 Å². The van der Waals surface area contributed by atoms with Crippen molar-refractivity contribution in [3.05, 3.63) is 58.6 Å². The molecular weight excluding hydrogens is 400 g/mol. The van der Waals surface area contributed by atoms with Gasteiger partial charge in [0, 0.05) is 0 Å². The highest BCUT2D eigenvalue weighted by atomic mass is 35.5. The zero-order valence-corrected chi connectivity index (χ0v) is 18.0. The summed E-state index contributed by atoms with van der Waals surface area (Å²) in [6, 6.07) is 11.6. The van der Waals surface area contributed by atoms with E-state index in [0.29, 0.717) is 16.5 Å². The molecule has 152 valence electrons. The quantitative estimate of drug-likeness (QED) is 0.659. The van der Waals surface area contributed by atoms with E-state index in [9.17, 15) is 13.2 Å². The van der Waals surface area contributed by atoms with Gasteiger partial charge in [-0.15, -0.1) is 0 Å². The standard InChI is InChI=1S/C20H25ClN2O4S/c1-14-11-15(2)13-17(12-14)23(28(4,25)26)16(3)20(24)22-9-10-27-19-8-6-5-7-18(19)21/h5-8,11-13,16H,9-10H2,1-4H3,(H,22,24). The van der Waals surface area contributed by atoms with E-state index in [-0.39, 0.29) is 13.2 Å². The molecule has 0 aliphatic carbocycles. The largest absolute Gasteiger partial charge is 0.490 e. The molecule has 6 nitrogen and oxygen atoms in total. The van der Waals surface area contributed by atoms with Gasteiger partial charge in [-0.05, 0) is 56.2 Å². The summed E-state index contributed by atoms with van der Waals surface area (Å²) in [5.41, 5.74) is 2.31. The summed E-state index contributed by atoms with van der Waals surface area (Å²) < 4.78 is 31.4. The van der Waals surface area contributed by atoms with Gasteiger partial charge in [0.15, 0.2) is 0 Å². The Kier molecular flexibility index (Phi) is 7.32. The Balaban J connectivity index is 2.04. The van der Waals surface area contributed by atoms with Crippen LogP contribution in [0, 0.1) is 13.8 Å². The summed E-state index contributed by atoms with van der Waals surface area (Å²) in [5.74, 6) is 0.117. The maximum atomic E-state index is 12.6. The van der Waals surface area contributed by atoms with E-state index in [4.69, 9.17) is 16.3 Å². The fraction of sp³-hybridized carbons (Fsp3) is 0.350. The average Bonchev–Trinajstić information content (AvgIpc) is 2.58. The van der Waals surface area contributed by atoms with E-state index in [2.05, 4.69) is 5.32 Å². The van der Waals surface area contributed by atoms with E-state index in [0.717, 1.165) is 21.7 Å². The van der Waals surface area contributed by atoms with Crippen molar-refractivity contribution in [1.29, 1.82) is 0 Å². The summed E-state index contributed by atoms with van der Waals surface area (Å²) in [6.07, 6.45) is 1.09. The third-order valence-corrected chi connectivity index (χ3v) is 5.60. The molecule has 0 saturated heterocycles. The van der Waals surface area contributed by atoms with Crippen molar-refractivity contribution in [2.45, 2.75) is 26.8 Å². The summed E-state index contributed by atoms with van der Waals surface area (Å²) >= 11 is 6.02. The molecular formula is C20H25ClN2O4S. The molecule has 0 aromatic heterocycles. The van der Waals surface area contributed by atoms with Crippen LogP contribution in [-0.4, -0.2) is 39.8 Å². The van der Waals surface area contributed by atoms with Gasteiger partial charge in [0.2, 0.25) is 15.9 Å². The Morgan fingerprint density at radius 2 is 1.79 bits per heavy atom. The summed E-state index contributed by atoms with van der Waals surface area (Å²) in [6.45, 7) is 5.76. The van der Waals surface area contributed by atoms with Crippen LogP contribution < -0.4 is 14.4 Å². The zero-order valence-electron chi connectivity index (χ0n) is 16.4. The Hall–Kier alpha value is -2.25. The molecule has 1 atom stereocenters. The molecule has 0 spiro atoms. The minimum Gasteiger partial charge on any atom is -0.490 e. The number of hydrogen-bond donors (Lipinski definition) is 1. The minimum absolute atomic E-state index is 0.213. The number of para-hydroxylation sites is 1. The second-order valence-corrected chi connectivity index (χ2v) is 8.92. The Morgan fingerprint density at radius 3 is 2.36 bits per heavy atom. The Labute approximate surface area is 171 Å². The molecule has 28 heavy (non-hydrogen) atoms. The predicted molar refractivity (Wildman–Crippen MR) is 113 cm³/mol. The first kappa shape index (κ1) is 22.0. The number of nitrogens with one attached hydrogen (secondary N) is 1. The van der Waals surface area contributed by atoms with Gasteiger partial charge in [-0.3, -0.25) is 9.10 Å². The third-order valence-electron chi connectivity index (χ3n) is 4.04. The lowest BCUT2D eigenvalue weighted by molar-refractivity contribution is -0.121. The molecule has 2 rings (SSSR count). The number of nitrogens with zero attached hydrogens (tertiary/aromatic N) is 1. The van der Waals surface area contributed by atoms with Crippen LogP contribution in [-0.2, 0) is 14.8 Å². The number of carbonyl (C=O) groups is 1. The molecule has 2 aromatic rings. The predicted octanol–water partition coefficient (Wildman–Crippen LogP) is 3.31. The number of halogens is 1. The lowest BCUT2D eigenvalue weighted by Crippen LogP contribution is -2.48. The highest BCUT2D eigenvalue weighted by Crippen LogP contribution is 2.24. The van der Waals surface area contributed by atoms with Crippen molar-refractivity contribution in [3.8, 4) is 5.75 Å². The molecule has 0 aliphatic rings. The molecule has 1 unspecified atom stereocenters. The first-order valence-electron chi connectivity index (χ1n) is 8.82. The van der Waals surface area contributed by atoms with Crippen LogP contribution in [0.4, 0.5) is 5.69 Å². The third kappa shape index (κ3) is 5.87. The molecule has 2 aromatic carbocycles. The fourth-order valence-electron chi connectivity index (χ4n) is 2.93. The lowest BCUT2D eigenvalue weighted by atomic mass is 10.1. The molecule has 0 fully saturated rings. The number of sulfonamides is 1. The highest BCUT2D eigenvalue weighted by molar-refractivity contribution is 7.92. The minimum atomic E-state index is -3.65. The maximum Gasteiger partial charge on any atom is 0.243 e. The van der Waals surface area contributed by atoms with Crippen LogP contribution in [0.1, 0.15) is 18.1 Å². The molecule has 0 bridgehead atoms. The molecule has 0 radical (unpaired) electrons. The number of amides is 1. The van der Waals surface area contributed by atoms with Crippen LogP contribution in [0.3, 0.4) is 0 Å². The van der Waals surface area contributed by atoms with Crippen LogP contribution in [0.25, 0.3) is 0 Å². The first-order valence-corrected chi connectivity index (χ1v) is 11.0. The van der Waals surface area contributed by atoms with Crippen molar-refractivity contribution in [3.63, 3.8) is 0 Å². The molecule has 1 amide bonds. The van der Waals surface area contributed by atoms with Gasteiger partial charge in [0.25, 0.3) is 0 Å². The van der Waals surface area contributed by atoms with E-state index in [1.54, 1.807) is 43.3 Å². The van der Waals surface area contributed by atoms with Gasteiger partial charge >= 0.3 is 0 Å². The number of hydrogen-bond acceptors (Lipinski definition) is 4. The molecule has 0 heterocycles. The van der Waals surface area contributed by atoms with Crippen LogP contribution in [0.15, 0.2) is 42.5 Å². The van der Waals surface area contributed by atoms with Crippen molar-refractivity contribution in [2.75, 3.05) is 23.7 Å². The van der Waals surface area contributed by atoms with E-state index < -0.39 is 22.0 Å². The average molecular weight is 425 g/mol. The summed E-state index contributed by atoms with van der Waals surface area (Å²) in [7, 11) is -3.65. The molecule has 0 saturated carbocycles. The monoisotopic (exact) mass is 424 g/mol. The van der Waals surface area contributed by atoms with Crippen LogP contribution >= 0.6 is 11.6 Å². The normalized spacial score (nSPS) is 12.3. The summed E-state index contributed by atoms with van der Waals surface area (Å²) in [4.78, 5) is 12.6. The molecule has 0 aliphatic heterocycles. The number of carbonyl (C=O) groups excluding carboxylic acids is 1. The van der Waals surface area contributed by atoms with Crippen molar-refractivity contribution >= 4 is 33.2 Å². The van der Waals surface area contributed by atoms with E-state index >= 15 is 0 Å². The van der Waals surface area contributed by atoms with Crippen molar-refractivity contribution < 1.29 is 17.9 Å². The smallest absolute Gasteiger partial charge is 0.243 e. The van der Waals surface area contributed by atoms with Crippen molar-refractivity contribution in [1.82, 2.24) is 5.32 Å². The molecule has 8 heteroatoms. The summed E-state index contributed by atoms with van der Waals surface area (Å²) in [5, 5.41) is 3.20. The number of rotatable bonds is 8. The lowest BCUT2D eigenvalue weighted by Gasteiger charge is -2.28. The number of aryl methyl sites for hydroxylation is 2.